The quantitative estimate of drug-likeness (QED) is 0.582. The summed E-state index contributed by atoms with van der Waals surface area (Å²) < 4.78 is 0. The highest BCUT2D eigenvalue weighted by Crippen LogP contribution is 2.66. The zero-order valence-corrected chi connectivity index (χ0v) is 18.2. The van der Waals surface area contributed by atoms with E-state index in [1.807, 2.05) is 6.92 Å². The highest BCUT2D eigenvalue weighted by molar-refractivity contribution is 5.70. The number of hydrogen-bond acceptors (Lipinski definition) is 2. The molecule has 3 saturated carbocycles. The van der Waals surface area contributed by atoms with E-state index in [9.17, 15) is 19.8 Å². The summed E-state index contributed by atoms with van der Waals surface area (Å²) in [6.07, 6.45) is 11.9. The summed E-state index contributed by atoms with van der Waals surface area (Å²) in [5, 5.41) is 18.5. The van der Waals surface area contributed by atoms with Crippen molar-refractivity contribution in [3.05, 3.63) is 22.8 Å². The average molecular weight is 401 g/mol. The Balaban J connectivity index is 1.59. The first kappa shape index (κ1) is 20.7. The predicted octanol–water partition coefficient (Wildman–Crippen LogP) is 5.83. The van der Waals surface area contributed by atoms with Gasteiger partial charge in [0.25, 0.3) is 0 Å². The first-order valence-corrected chi connectivity index (χ1v) is 11.5. The van der Waals surface area contributed by atoms with Crippen molar-refractivity contribution in [3.63, 3.8) is 0 Å². The van der Waals surface area contributed by atoms with Gasteiger partial charge in [-0.25, -0.2) is 0 Å². The molecule has 0 aromatic carbocycles. The van der Waals surface area contributed by atoms with E-state index in [2.05, 4.69) is 19.9 Å². The van der Waals surface area contributed by atoms with Gasteiger partial charge in [-0.3, -0.25) is 9.59 Å². The highest BCUT2D eigenvalue weighted by atomic mass is 16.4. The van der Waals surface area contributed by atoms with Crippen LogP contribution in [0.1, 0.15) is 85.0 Å². The number of fused-ring (bicyclic) bond motifs is 5. The molecule has 6 atom stereocenters. The number of aliphatic carboxylic acids is 2. The average Bonchev–Trinajstić information content (AvgIpc) is 2.98. The molecule has 0 heterocycles. The minimum Gasteiger partial charge on any atom is -0.481 e. The Morgan fingerprint density at radius 1 is 1.03 bits per heavy atom. The monoisotopic (exact) mass is 400 g/mol. The zero-order chi connectivity index (χ0) is 21.0. The lowest BCUT2D eigenvalue weighted by Crippen LogP contribution is -2.49. The van der Waals surface area contributed by atoms with Gasteiger partial charge in [-0.05, 0) is 92.8 Å². The smallest absolute Gasteiger partial charge is 0.307 e. The molecule has 0 aliphatic heterocycles. The van der Waals surface area contributed by atoms with Crippen molar-refractivity contribution in [2.24, 2.45) is 34.5 Å². The molecule has 4 nitrogen and oxygen atoms in total. The van der Waals surface area contributed by atoms with Crippen LogP contribution in [-0.4, -0.2) is 22.2 Å². The van der Waals surface area contributed by atoms with Crippen LogP contribution in [0.4, 0.5) is 0 Å². The number of carboxylic acids is 2. The molecule has 0 aromatic heterocycles. The van der Waals surface area contributed by atoms with E-state index in [1.165, 1.54) is 30.4 Å². The molecule has 4 aliphatic rings. The number of rotatable bonds is 4. The summed E-state index contributed by atoms with van der Waals surface area (Å²) in [4.78, 5) is 22.5. The molecular formula is C25H36O4. The van der Waals surface area contributed by atoms with Crippen LogP contribution in [0.5, 0.6) is 0 Å². The van der Waals surface area contributed by atoms with E-state index in [0.717, 1.165) is 37.7 Å². The maximum Gasteiger partial charge on any atom is 0.307 e. The molecule has 4 rings (SSSR count). The summed E-state index contributed by atoms with van der Waals surface area (Å²) in [7, 11) is 0. The van der Waals surface area contributed by atoms with Crippen molar-refractivity contribution in [1.29, 1.82) is 0 Å². The SMILES string of the molecule is CC(CC(=O)O)=C1CC[C@H]2[C@@H]3CC=C4CC(CC(=O)O)CC[C@]4(C)[C@H]3CC[C@]12C. The molecular weight excluding hydrogens is 364 g/mol. The van der Waals surface area contributed by atoms with E-state index >= 15 is 0 Å². The van der Waals surface area contributed by atoms with Crippen molar-refractivity contribution in [1.82, 2.24) is 0 Å². The Hall–Kier alpha value is -1.58. The molecule has 29 heavy (non-hydrogen) atoms. The molecule has 4 heteroatoms. The van der Waals surface area contributed by atoms with Gasteiger partial charge in [0.15, 0.2) is 0 Å². The Morgan fingerprint density at radius 2 is 1.72 bits per heavy atom. The van der Waals surface area contributed by atoms with E-state index in [4.69, 9.17) is 0 Å². The third kappa shape index (κ3) is 3.37. The number of carbonyl (C=O) groups is 2. The van der Waals surface area contributed by atoms with E-state index < -0.39 is 11.9 Å². The topological polar surface area (TPSA) is 74.6 Å². The van der Waals surface area contributed by atoms with Crippen LogP contribution in [0, 0.1) is 34.5 Å². The van der Waals surface area contributed by atoms with Gasteiger partial charge in [0, 0.05) is 6.42 Å². The summed E-state index contributed by atoms with van der Waals surface area (Å²) in [5.74, 6) is 0.970. The fourth-order valence-electron chi connectivity index (χ4n) is 8.00. The van der Waals surface area contributed by atoms with Crippen LogP contribution in [0.15, 0.2) is 22.8 Å². The van der Waals surface area contributed by atoms with Crippen LogP contribution in [0.2, 0.25) is 0 Å². The fraction of sp³-hybridized carbons (Fsp3) is 0.760. The molecule has 0 saturated heterocycles. The molecule has 0 bridgehead atoms. The molecule has 0 spiro atoms. The number of carboxylic acid groups (broad SMARTS) is 2. The molecule has 3 fully saturated rings. The maximum absolute atomic E-state index is 11.3. The van der Waals surface area contributed by atoms with Crippen LogP contribution < -0.4 is 0 Å². The van der Waals surface area contributed by atoms with Gasteiger partial charge >= 0.3 is 11.9 Å². The second kappa shape index (κ2) is 7.28. The highest BCUT2D eigenvalue weighted by Gasteiger charge is 2.57. The predicted molar refractivity (Wildman–Crippen MR) is 112 cm³/mol. The van der Waals surface area contributed by atoms with Gasteiger partial charge in [-0.2, -0.15) is 0 Å². The summed E-state index contributed by atoms with van der Waals surface area (Å²) in [6.45, 7) is 6.90. The molecule has 2 N–H and O–H groups in total. The van der Waals surface area contributed by atoms with Crippen molar-refractivity contribution < 1.29 is 19.8 Å². The van der Waals surface area contributed by atoms with Crippen LogP contribution in [0.25, 0.3) is 0 Å². The molecule has 0 radical (unpaired) electrons. The molecule has 0 aromatic rings. The van der Waals surface area contributed by atoms with Gasteiger partial charge in [0.05, 0.1) is 6.42 Å². The second-order valence-electron chi connectivity index (χ2n) is 10.8. The zero-order valence-electron chi connectivity index (χ0n) is 18.2. The van der Waals surface area contributed by atoms with Crippen LogP contribution in [-0.2, 0) is 9.59 Å². The fourth-order valence-corrected chi connectivity index (χ4v) is 8.00. The van der Waals surface area contributed by atoms with Gasteiger partial charge in [0.1, 0.15) is 0 Å². The molecule has 4 aliphatic carbocycles. The van der Waals surface area contributed by atoms with E-state index in [-0.39, 0.29) is 17.3 Å². The van der Waals surface area contributed by atoms with Crippen LogP contribution >= 0.6 is 0 Å². The Kier molecular flexibility index (Phi) is 5.19. The van der Waals surface area contributed by atoms with Gasteiger partial charge in [0.2, 0.25) is 0 Å². The normalized spacial score (nSPS) is 42.9. The Bertz CT molecular complexity index is 778. The molecule has 0 amide bonds. The largest absolute Gasteiger partial charge is 0.481 e. The number of hydrogen-bond donors (Lipinski definition) is 2. The minimum atomic E-state index is -0.716. The van der Waals surface area contributed by atoms with Crippen molar-refractivity contribution in [2.75, 3.05) is 0 Å². The van der Waals surface area contributed by atoms with E-state index in [1.54, 1.807) is 0 Å². The summed E-state index contributed by atoms with van der Waals surface area (Å²) >= 11 is 0. The van der Waals surface area contributed by atoms with Gasteiger partial charge < -0.3 is 10.2 Å². The van der Waals surface area contributed by atoms with Crippen molar-refractivity contribution in [2.45, 2.75) is 85.0 Å². The first-order valence-electron chi connectivity index (χ1n) is 11.5. The van der Waals surface area contributed by atoms with Crippen molar-refractivity contribution >= 4 is 11.9 Å². The first-order chi connectivity index (χ1) is 13.6. The minimum absolute atomic E-state index is 0.170. The maximum atomic E-state index is 11.3. The second-order valence-corrected chi connectivity index (χ2v) is 10.8. The van der Waals surface area contributed by atoms with Crippen molar-refractivity contribution in [3.8, 4) is 0 Å². The third-order valence-corrected chi connectivity index (χ3v) is 9.39. The lowest BCUT2D eigenvalue weighted by molar-refractivity contribution is -0.138. The van der Waals surface area contributed by atoms with Gasteiger partial charge in [-0.15, -0.1) is 0 Å². The van der Waals surface area contributed by atoms with Crippen LogP contribution in [0.3, 0.4) is 0 Å². The van der Waals surface area contributed by atoms with E-state index in [0.29, 0.717) is 30.1 Å². The molecule has 1 unspecified atom stereocenters. The Labute approximate surface area is 174 Å². The lowest BCUT2D eigenvalue weighted by atomic mass is 9.47. The summed E-state index contributed by atoms with van der Waals surface area (Å²) in [6, 6.07) is 0. The number of allylic oxidation sites excluding steroid dienone is 3. The Morgan fingerprint density at radius 3 is 2.41 bits per heavy atom. The molecule has 160 valence electrons. The lowest BCUT2D eigenvalue weighted by Gasteiger charge is -2.57. The van der Waals surface area contributed by atoms with Gasteiger partial charge in [-0.1, -0.05) is 36.6 Å². The standard InChI is InChI=1S/C25H36O4/c1-15(12-22(26)27)19-6-7-20-18-5-4-17-13-16(14-23(28)29)8-10-24(17,2)21(18)9-11-25(19,20)3/h4,16,18,20-21H,5-14H2,1-3H3,(H,26,27)(H,28,29)/t16?,18-,20-,21-,24-,25+/m0/s1. The third-order valence-electron chi connectivity index (χ3n) is 9.39. The summed E-state index contributed by atoms with van der Waals surface area (Å²) in [5.41, 5.74) is 4.47.